The van der Waals surface area contributed by atoms with Crippen LogP contribution in [0.15, 0.2) is 18.2 Å². The molecule has 98 valence electrons. The Balaban J connectivity index is 2.28. The average Bonchev–Trinajstić information content (AvgIpc) is 2.64. The normalized spacial score (nSPS) is 11.9. The zero-order chi connectivity index (χ0) is 13.3. The van der Waals surface area contributed by atoms with Gasteiger partial charge >= 0.3 is 0 Å². The number of nitrogens with two attached hydrogens (primary N) is 1. The van der Waals surface area contributed by atoms with Crippen molar-refractivity contribution in [1.29, 1.82) is 0 Å². The van der Waals surface area contributed by atoms with Crippen molar-refractivity contribution in [2.24, 2.45) is 0 Å². The van der Waals surface area contributed by atoms with Gasteiger partial charge in [-0.15, -0.1) is 0 Å². The minimum atomic E-state index is -0.324. The lowest BCUT2D eigenvalue weighted by atomic mass is 10.3. The maximum Gasteiger partial charge on any atom is 0.201 e. The third kappa shape index (κ3) is 2.31. The maximum atomic E-state index is 13.6. The number of imidazole rings is 1. The second-order valence-electron chi connectivity index (χ2n) is 4.80. The fourth-order valence-electron chi connectivity index (χ4n) is 1.88. The van der Waals surface area contributed by atoms with Crippen LogP contribution in [0.3, 0.4) is 0 Å². The van der Waals surface area contributed by atoms with E-state index in [9.17, 15) is 4.39 Å². The number of para-hydroxylation sites is 1. The van der Waals surface area contributed by atoms with Crippen LogP contribution in [0.1, 0.15) is 13.8 Å². The third-order valence-electron chi connectivity index (χ3n) is 3.32. The molecule has 2 aromatic rings. The van der Waals surface area contributed by atoms with Crippen molar-refractivity contribution >= 4 is 17.0 Å². The van der Waals surface area contributed by atoms with E-state index in [0.29, 0.717) is 24.1 Å². The molecule has 0 atom stereocenters. The first-order valence-corrected chi connectivity index (χ1v) is 6.11. The van der Waals surface area contributed by atoms with Gasteiger partial charge in [0.05, 0.1) is 5.52 Å². The van der Waals surface area contributed by atoms with Gasteiger partial charge in [0.2, 0.25) is 5.95 Å². The Morgan fingerprint density at radius 1 is 1.44 bits per heavy atom. The van der Waals surface area contributed by atoms with Crippen molar-refractivity contribution in [3.05, 3.63) is 24.0 Å². The predicted molar refractivity (Wildman–Crippen MR) is 71.9 cm³/mol. The Bertz CT molecular complexity index is 547. The lowest BCUT2D eigenvalue weighted by molar-refractivity contribution is 0.264. The molecule has 1 aromatic carbocycles. The number of aromatic nitrogens is 2. The smallest absolute Gasteiger partial charge is 0.201 e. The Hall–Kier alpha value is -1.62. The summed E-state index contributed by atoms with van der Waals surface area (Å²) >= 11 is 0. The molecular weight excluding hydrogens is 231 g/mol. The molecule has 0 saturated heterocycles. The molecule has 2 rings (SSSR count). The summed E-state index contributed by atoms with van der Waals surface area (Å²) in [5, 5.41) is 0. The predicted octanol–water partition coefficient (Wildman–Crippen LogP) is 2.10. The molecule has 1 aromatic heterocycles. The number of hydrogen-bond acceptors (Lipinski definition) is 3. The number of likely N-dealkylation sites (N-methyl/N-ethyl adjacent to an activating group) is 1. The summed E-state index contributed by atoms with van der Waals surface area (Å²) in [5.74, 6) is 0.0439. The topological polar surface area (TPSA) is 47.1 Å². The zero-order valence-electron chi connectivity index (χ0n) is 11.0. The largest absolute Gasteiger partial charge is 0.369 e. The molecule has 0 saturated carbocycles. The molecule has 0 fully saturated rings. The molecule has 0 aliphatic carbocycles. The van der Waals surface area contributed by atoms with Gasteiger partial charge in [0.1, 0.15) is 5.52 Å². The fraction of sp³-hybridized carbons (Fsp3) is 0.462. The lowest BCUT2D eigenvalue weighted by Crippen LogP contribution is -2.29. The monoisotopic (exact) mass is 250 g/mol. The first-order chi connectivity index (χ1) is 8.50. The standard InChI is InChI=1S/C13H19FN4/c1-9(2)17(3)7-8-18-11-6-4-5-10(14)12(11)16-13(18)15/h4-6,9H,7-8H2,1-3H3,(H2,15,16). The molecule has 0 radical (unpaired) electrons. The quantitative estimate of drug-likeness (QED) is 0.904. The van der Waals surface area contributed by atoms with Crippen LogP contribution in [0.5, 0.6) is 0 Å². The van der Waals surface area contributed by atoms with Crippen LogP contribution < -0.4 is 5.73 Å². The Morgan fingerprint density at radius 2 is 2.17 bits per heavy atom. The number of halogens is 1. The van der Waals surface area contributed by atoms with E-state index >= 15 is 0 Å². The summed E-state index contributed by atoms with van der Waals surface area (Å²) in [5.41, 5.74) is 6.95. The van der Waals surface area contributed by atoms with Gasteiger partial charge in [-0.3, -0.25) is 0 Å². The Kier molecular flexibility index (Phi) is 3.52. The number of fused-ring (bicyclic) bond motifs is 1. The number of hydrogen-bond donors (Lipinski definition) is 1. The zero-order valence-corrected chi connectivity index (χ0v) is 11.0. The Labute approximate surface area is 106 Å². The van der Waals surface area contributed by atoms with Gasteiger partial charge in [-0.05, 0) is 33.0 Å². The molecule has 0 bridgehead atoms. The van der Waals surface area contributed by atoms with Gasteiger partial charge in [0, 0.05) is 19.1 Å². The van der Waals surface area contributed by atoms with Crippen LogP contribution in [0.25, 0.3) is 11.0 Å². The molecule has 0 aliphatic heterocycles. The summed E-state index contributed by atoms with van der Waals surface area (Å²) < 4.78 is 15.4. The molecule has 1 heterocycles. The highest BCUT2D eigenvalue weighted by Crippen LogP contribution is 2.20. The fourth-order valence-corrected chi connectivity index (χ4v) is 1.88. The molecular formula is C13H19FN4. The summed E-state index contributed by atoms with van der Waals surface area (Å²) in [4.78, 5) is 6.30. The van der Waals surface area contributed by atoms with Crippen LogP contribution in [0.4, 0.5) is 10.3 Å². The van der Waals surface area contributed by atoms with Crippen molar-refractivity contribution in [2.45, 2.75) is 26.4 Å². The van der Waals surface area contributed by atoms with E-state index in [4.69, 9.17) is 5.73 Å². The second-order valence-corrected chi connectivity index (χ2v) is 4.80. The van der Waals surface area contributed by atoms with E-state index in [-0.39, 0.29) is 5.82 Å². The first kappa shape index (κ1) is 12.8. The van der Waals surface area contributed by atoms with E-state index in [1.54, 1.807) is 6.07 Å². The van der Waals surface area contributed by atoms with E-state index < -0.39 is 0 Å². The number of nitrogen functional groups attached to an aromatic ring is 1. The van der Waals surface area contributed by atoms with Gasteiger partial charge < -0.3 is 15.2 Å². The summed E-state index contributed by atoms with van der Waals surface area (Å²) in [7, 11) is 2.06. The molecule has 4 nitrogen and oxygen atoms in total. The third-order valence-corrected chi connectivity index (χ3v) is 3.32. The van der Waals surface area contributed by atoms with Gasteiger partial charge in [0.15, 0.2) is 5.82 Å². The summed E-state index contributed by atoms with van der Waals surface area (Å²) in [6, 6.07) is 5.40. The molecule has 0 unspecified atom stereocenters. The number of rotatable bonds is 4. The van der Waals surface area contributed by atoms with Crippen LogP contribution in [-0.4, -0.2) is 34.1 Å². The van der Waals surface area contributed by atoms with Crippen molar-refractivity contribution in [3.8, 4) is 0 Å². The second kappa shape index (κ2) is 4.94. The van der Waals surface area contributed by atoms with E-state index in [1.165, 1.54) is 6.07 Å². The lowest BCUT2D eigenvalue weighted by Gasteiger charge is -2.21. The molecule has 2 N–H and O–H groups in total. The number of anilines is 1. The number of nitrogens with zero attached hydrogens (tertiary/aromatic N) is 3. The van der Waals surface area contributed by atoms with Gasteiger partial charge in [-0.2, -0.15) is 0 Å². The Morgan fingerprint density at radius 3 is 2.83 bits per heavy atom. The molecule has 18 heavy (non-hydrogen) atoms. The van der Waals surface area contributed by atoms with Crippen LogP contribution in [-0.2, 0) is 6.54 Å². The SMILES string of the molecule is CC(C)N(C)CCn1c(N)nc2c(F)cccc21. The van der Waals surface area contributed by atoms with Gasteiger partial charge in [-0.1, -0.05) is 6.07 Å². The highest BCUT2D eigenvalue weighted by atomic mass is 19.1. The van der Waals surface area contributed by atoms with Crippen molar-refractivity contribution in [1.82, 2.24) is 14.5 Å². The minimum absolute atomic E-state index is 0.324. The van der Waals surface area contributed by atoms with Crippen LogP contribution in [0.2, 0.25) is 0 Å². The number of benzene rings is 1. The van der Waals surface area contributed by atoms with Crippen LogP contribution in [0, 0.1) is 5.82 Å². The molecule has 0 spiro atoms. The van der Waals surface area contributed by atoms with E-state index in [2.05, 4.69) is 30.8 Å². The van der Waals surface area contributed by atoms with Gasteiger partial charge in [0.25, 0.3) is 0 Å². The van der Waals surface area contributed by atoms with Gasteiger partial charge in [-0.25, -0.2) is 9.37 Å². The molecule has 0 amide bonds. The van der Waals surface area contributed by atoms with Crippen molar-refractivity contribution in [2.75, 3.05) is 19.3 Å². The van der Waals surface area contributed by atoms with Crippen LogP contribution >= 0.6 is 0 Å². The minimum Gasteiger partial charge on any atom is -0.369 e. The van der Waals surface area contributed by atoms with E-state index in [0.717, 1.165) is 12.1 Å². The highest BCUT2D eigenvalue weighted by Gasteiger charge is 2.12. The van der Waals surface area contributed by atoms with Crippen molar-refractivity contribution < 1.29 is 4.39 Å². The van der Waals surface area contributed by atoms with Crippen molar-refractivity contribution in [3.63, 3.8) is 0 Å². The highest BCUT2D eigenvalue weighted by molar-refractivity contribution is 5.78. The van der Waals surface area contributed by atoms with E-state index in [1.807, 2.05) is 10.6 Å². The first-order valence-electron chi connectivity index (χ1n) is 6.11. The summed E-state index contributed by atoms with van der Waals surface area (Å²) in [6.45, 7) is 5.83. The molecule has 0 aliphatic rings. The maximum absolute atomic E-state index is 13.6. The summed E-state index contributed by atoms with van der Waals surface area (Å²) in [6.07, 6.45) is 0. The average molecular weight is 250 g/mol. The molecule has 5 heteroatoms.